The third-order valence-corrected chi connectivity index (χ3v) is 4.26. The van der Waals surface area contributed by atoms with Crippen LogP contribution in [0.2, 0.25) is 0 Å². The average Bonchev–Trinajstić information content (AvgIpc) is 2.93. The van der Waals surface area contributed by atoms with E-state index in [0.29, 0.717) is 10.8 Å². The minimum Gasteiger partial charge on any atom is -0.349 e. The van der Waals surface area contributed by atoms with Crippen LogP contribution in [0.15, 0.2) is 23.6 Å². The first-order valence-corrected chi connectivity index (χ1v) is 8.63. The number of hydrogen-bond donors (Lipinski definition) is 2. The minimum absolute atomic E-state index is 0.00119. The average molecular weight is 367 g/mol. The van der Waals surface area contributed by atoms with Gasteiger partial charge in [0, 0.05) is 22.9 Å². The van der Waals surface area contributed by atoms with Crippen LogP contribution in [-0.4, -0.2) is 16.8 Å². The SMILES string of the molecule is CC(C)C(=O)Nc1nc(CC(=O)N[C@@H](C)c2ccc(F)cc2F)cs1. The Morgan fingerprint density at radius 2 is 1.96 bits per heavy atom. The van der Waals surface area contributed by atoms with Crippen molar-refractivity contribution >= 4 is 28.3 Å². The van der Waals surface area contributed by atoms with Gasteiger partial charge in [-0.05, 0) is 13.0 Å². The molecular weight excluding hydrogens is 348 g/mol. The summed E-state index contributed by atoms with van der Waals surface area (Å²) in [4.78, 5) is 27.9. The Labute approximate surface area is 148 Å². The Morgan fingerprint density at radius 1 is 1.24 bits per heavy atom. The van der Waals surface area contributed by atoms with E-state index >= 15 is 0 Å². The number of hydrogen-bond acceptors (Lipinski definition) is 4. The van der Waals surface area contributed by atoms with Crippen LogP contribution >= 0.6 is 11.3 Å². The summed E-state index contributed by atoms with van der Waals surface area (Å²) in [6.45, 7) is 5.16. The predicted octanol–water partition coefficient (Wildman–Crippen LogP) is 3.44. The second kappa shape index (κ2) is 8.15. The summed E-state index contributed by atoms with van der Waals surface area (Å²) in [6.07, 6.45) is 0.00119. The molecule has 2 rings (SSSR count). The molecule has 5 nitrogen and oxygen atoms in total. The van der Waals surface area contributed by atoms with Crippen LogP contribution in [0, 0.1) is 17.6 Å². The van der Waals surface area contributed by atoms with Crippen molar-refractivity contribution in [1.29, 1.82) is 0 Å². The van der Waals surface area contributed by atoms with Crippen LogP contribution in [0.1, 0.15) is 38.1 Å². The van der Waals surface area contributed by atoms with Crippen LogP contribution in [0.3, 0.4) is 0 Å². The standard InChI is InChI=1S/C17H19F2N3O2S/c1-9(2)16(24)22-17-21-12(8-25-17)7-15(23)20-10(3)13-5-4-11(18)6-14(13)19/h4-6,8-10H,7H2,1-3H3,(H,20,23)(H,21,22,24)/t10-/m0/s1. The van der Waals surface area contributed by atoms with Gasteiger partial charge in [0.1, 0.15) is 11.6 Å². The molecule has 2 aromatic rings. The van der Waals surface area contributed by atoms with E-state index in [1.54, 1.807) is 26.2 Å². The topological polar surface area (TPSA) is 71.1 Å². The van der Waals surface area contributed by atoms with Crippen molar-refractivity contribution < 1.29 is 18.4 Å². The summed E-state index contributed by atoms with van der Waals surface area (Å²) in [5.41, 5.74) is 0.714. The van der Waals surface area contributed by atoms with Crippen LogP contribution in [-0.2, 0) is 16.0 Å². The fourth-order valence-corrected chi connectivity index (χ4v) is 2.80. The summed E-state index contributed by atoms with van der Waals surface area (Å²) < 4.78 is 26.7. The van der Waals surface area contributed by atoms with Gasteiger partial charge < -0.3 is 10.6 Å². The van der Waals surface area contributed by atoms with Gasteiger partial charge in [0.05, 0.1) is 18.2 Å². The molecule has 1 aromatic carbocycles. The summed E-state index contributed by atoms with van der Waals surface area (Å²) in [6, 6.07) is 2.62. The molecule has 0 aliphatic heterocycles. The van der Waals surface area contributed by atoms with Crippen LogP contribution in [0.25, 0.3) is 0 Å². The quantitative estimate of drug-likeness (QED) is 0.822. The number of halogens is 2. The molecule has 0 saturated heterocycles. The van der Waals surface area contributed by atoms with Crippen molar-refractivity contribution in [2.45, 2.75) is 33.2 Å². The number of rotatable bonds is 6. The molecule has 0 aliphatic rings. The molecule has 0 bridgehead atoms. The molecule has 2 N–H and O–H groups in total. The fraction of sp³-hybridized carbons (Fsp3) is 0.353. The Morgan fingerprint density at radius 3 is 2.60 bits per heavy atom. The molecule has 2 amide bonds. The van der Waals surface area contributed by atoms with Gasteiger partial charge >= 0.3 is 0 Å². The number of thiazole rings is 1. The Hall–Kier alpha value is -2.35. The molecule has 0 spiro atoms. The van der Waals surface area contributed by atoms with Gasteiger partial charge in [-0.2, -0.15) is 0 Å². The van der Waals surface area contributed by atoms with Crippen molar-refractivity contribution in [1.82, 2.24) is 10.3 Å². The van der Waals surface area contributed by atoms with Crippen molar-refractivity contribution in [2.24, 2.45) is 5.92 Å². The number of anilines is 1. The zero-order valence-corrected chi connectivity index (χ0v) is 14.9. The smallest absolute Gasteiger partial charge is 0.228 e. The summed E-state index contributed by atoms with van der Waals surface area (Å²) in [5.74, 6) is -2.03. The van der Waals surface area contributed by atoms with Gasteiger partial charge in [0.15, 0.2) is 5.13 Å². The number of nitrogens with one attached hydrogen (secondary N) is 2. The third kappa shape index (κ3) is 5.32. The zero-order valence-electron chi connectivity index (χ0n) is 14.1. The highest BCUT2D eigenvalue weighted by Gasteiger charge is 2.16. The fourth-order valence-electron chi connectivity index (χ4n) is 2.08. The molecular formula is C17H19F2N3O2S. The van der Waals surface area contributed by atoms with Crippen molar-refractivity contribution in [3.8, 4) is 0 Å². The number of carbonyl (C=O) groups is 2. The van der Waals surface area contributed by atoms with E-state index < -0.39 is 17.7 Å². The van der Waals surface area contributed by atoms with Gasteiger partial charge in [0.25, 0.3) is 0 Å². The highest BCUT2D eigenvalue weighted by atomic mass is 32.1. The van der Waals surface area contributed by atoms with Crippen molar-refractivity contribution in [2.75, 3.05) is 5.32 Å². The second-order valence-electron chi connectivity index (χ2n) is 5.92. The Kier molecular flexibility index (Phi) is 6.19. The summed E-state index contributed by atoms with van der Waals surface area (Å²) in [7, 11) is 0. The number of benzene rings is 1. The molecule has 0 radical (unpaired) electrons. The largest absolute Gasteiger partial charge is 0.349 e. The van der Waals surface area contributed by atoms with E-state index in [0.717, 1.165) is 12.1 Å². The Bertz CT molecular complexity index is 777. The monoisotopic (exact) mass is 367 g/mol. The molecule has 1 heterocycles. The lowest BCUT2D eigenvalue weighted by Gasteiger charge is -2.14. The van der Waals surface area contributed by atoms with E-state index in [1.165, 1.54) is 17.4 Å². The minimum atomic E-state index is -0.708. The number of amides is 2. The summed E-state index contributed by atoms with van der Waals surface area (Å²) in [5, 5.41) is 7.42. The van der Waals surface area contributed by atoms with Crippen LogP contribution < -0.4 is 10.6 Å². The predicted molar refractivity (Wildman–Crippen MR) is 92.2 cm³/mol. The first kappa shape index (κ1) is 19.0. The zero-order chi connectivity index (χ0) is 18.6. The third-order valence-electron chi connectivity index (χ3n) is 3.45. The van der Waals surface area contributed by atoms with Crippen LogP contribution in [0.5, 0.6) is 0 Å². The van der Waals surface area contributed by atoms with E-state index in [9.17, 15) is 18.4 Å². The first-order chi connectivity index (χ1) is 11.8. The molecule has 1 atom stereocenters. The maximum Gasteiger partial charge on any atom is 0.228 e. The normalized spacial score (nSPS) is 12.1. The van der Waals surface area contributed by atoms with Crippen molar-refractivity contribution in [3.63, 3.8) is 0 Å². The first-order valence-electron chi connectivity index (χ1n) is 7.76. The molecule has 0 aliphatic carbocycles. The lowest BCUT2D eigenvalue weighted by atomic mass is 10.1. The van der Waals surface area contributed by atoms with Gasteiger partial charge in [-0.1, -0.05) is 19.9 Å². The molecule has 0 unspecified atom stereocenters. The molecule has 1 aromatic heterocycles. The van der Waals surface area contributed by atoms with Crippen LogP contribution in [0.4, 0.5) is 13.9 Å². The second-order valence-corrected chi connectivity index (χ2v) is 6.78. The number of aromatic nitrogens is 1. The molecule has 0 saturated carbocycles. The van der Waals surface area contributed by atoms with Crippen molar-refractivity contribution in [3.05, 3.63) is 46.5 Å². The van der Waals surface area contributed by atoms with Gasteiger partial charge in [0.2, 0.25) is 11.8 Å². The molecule has 0 fully saturated rings. The molecule has 8 heteroatoms. The maximum absolute atomic E-state index is 13.7. The maximum atomic E-state index is 13.7. The number of carbonyl (C=O) groups excluding carboxylic acids is 2. The Balaban J connectivity index is 1.94. The van der Waals surface area contributed by atoms with E-state index in [4.69, 9.17) is 0 Å². The van der Waals surface area contributed by atoms with E-state index in [2.05, 4.69) is 15.6 Å². The van der Waals surface area contributed by atoms with Gasteiger partial charge in [-0.15, -0.1) is 11.3 Å². The van der Waals surface area contributed by atoms with Gasteiger partial charge in [-0.25, -0.2) is 13.8 Å². The van der Waals surface area contributed by atoms with Gasteiger partial charge in [-0.3, -0.25) is 9.59 Å². The van der Waals surface area contributed by atoms with E-state index in [-0.39, 0.29) is 29.7 Å². The number of nitrogens with zero attached hydrogens (tertiary/aromatic N) is 1. The van der Waals surface area contributed by atoms with E-state index in [1.807, 2.05) is 0 Å². The lowest BCUT2D eigenvalue weighted by Crippen LogP contribution is -2.28. The highest BCUT2D eigenvalue weighted by Crippen LogP contribution is 2.19. The molecule has 134 valence electrons. The molecule has 25 heavy (non-hydrogen) atoms. The lowest BCUT2D eigenvalue weighted by molar-refractivity contribution is -0.121. The summed E-state index contributed by atoms with van der Waals surface area (Å²) >= 11 is 1.23. The highest BCUT2D eigenvalue weighted by molar-refractivity contribution is 7.13.